The van der Waals surface area contributed by atoms with E-state index < -0.39 is 49.7 Å². The molecule has 0 bridgehead atoms. The zero-order chi connectivity index (χ0) is 21.6. The molecule has 1 heterocycles. The Balaban J connectivity index is 1.72. The first-order valence-corrected chi connectivity index (χ1v) is 9.30. The van der Waals surface area contributed by atoms with Gasteiger partial charge < -0.3 is 35.0 Å². The van der Waals surface area contributed by atoms with Gasteiger partial charge in [0.15, 0.2) is 11.6 Å². The van der Waals surface area contributed by atoms with E-state index in [1.807, 2.05) is 0 Å². The molecular formula is C21H20O9. The maximum absolute atomic E-state index is 12.9. The molecule has 2 aromatic carbocycles. The Bertz CT molecular complexity index is 1000. The number of carbonyl (C=O) groups is 2. The van der Waals surface area contributed by atoms with Crippen molar-refractivity contribution >= 4 is 11.6 Å². The minimum atomic E-state index is -1.66. The van der Waals surface area contributed by atoms with Gasteiger partial charge in [-0.15, -0.1) is 0 Å². The number of hydrogen-bond acceptors (Lipinski definition) is 9. The number of aliphatic hydroxyl groups is 5. The van der Waals surface area contributed by atoms with Crippen molar-refractivity contribution < 1.29 is 44.6 Å². The predicted octanol–water partition coefficient (Wildman–Crippen LogP) is -0.867. The smallest absolute Gasteiger partial charge is 0.229 e. The Labute approximate surface area is 170 Å². The minimum absolute atomic E-state index is 0.0406. The first kappa shape index (κ1) is 20.6. The molecule has 0 unspecified atom stereocenters. The summed E-state index contributed by atoms with van der Waals surface area (Å²) >= 11 is 0. The number of ether oxygens (including phenoxy) is 2. The number of rotatable bonds is 4. The molecule has 30 heavy (non-hydrogen) atoms. The SMILES string of the molecule is O=C1c2ccccc2C(=O)c2cc(O[C@H]3O[C@@H](CO)[C@H](O)[C@@H](O)[C@@H]3O)c(CO)cc21. The lowest BCUT2D eigenvalue weighted by atomic mass is 9.83. The molecular weight excluding hydrogens is 396 g/mol. The molecule has 2 aliphatic rings. The van der Waals surface area contributed by atoms with Gasteiger partial charge in [-0.1, -0.05) is 24.3 Å². The van der Waals surface area contributed by atoms with Gasteiger partial charge in [0.05, 0.1) is 13.2 Å². The van der Waals surface area contributed by atoms with Crippen molar-refractivity contribution in [2.75, 3.05) is 6.61 Å². The highest BCUT2D eigenvalue weighted by atomic mass is 16.7. The first-order chi connectivity index (χ1) is 14.4. The van der Waals surface area contributed by atoms with Crippen LogP contribution in [0.1, 0.15) is 37.4 Å². The van der Waals surface area contributed by atoms with Gasteiger partial charge in [0.25, 0.3) is 0 Å². The Hall–Kier alpha value is -2.66. The summed E-state index contributed by atoms with van der Waals surface area (Å²) in [5.41, 5.74) is 0.845. The third-order valence-electron chi connectivity index (χ3n) is 5.37. The third-order valence-corrected chi connectivity index (χ3v) is 5.37. The van der Waals surface area contributed by atoms with Gasteiger partial charge in [-0.05, 0) is 12.1 Å². The van der Waals surface area contributed by atoms with Gasteiger partial charge in [-0.3, -0.25) is 9.59 Å². The predicted molar refractivity (Wildman–Crippen MR) is 100 cm³/mol. The van der Waals surface area contributed by atoms with E-state index in [2.05, 4.69) is 0 Å². The monoisotopic (exact) mass is 416 g/mol. The summed E-state index contributed by atoms with van der Waals surface area (Å²) in [5.74, 6) is -0.807. The maximum Gasteiger partial charge on any atom is 0.229 e. The fourth-order valence-corrected chi connectivity index (χ4v) is 3.69. The van der Waals surface area contributed by atoms with E-state index in [0.717, 1.165) is 0 Å². The fourth-order valence-electron chi connectivity index (χ4n) is 3.69. The molecule has 1 saturated heterocycles. The summed E-state index contributed by atoms with van der Waals surface area (Å²) in [6.45, 7) is -1.17. The number of ketones is 2. The highest BCUT2D eigenvalue weighted by Gasteiger charge is 2.45. The van der Waals surface area contributed by atoms with Gasteiger partial charge in [-0.2, -0.15) is 0 Å². The summed E-state index contributed by atoms with van der Waals surface area (Å²) in [6, 6.07) is 9.00. The van der Waals surface area contributed by atoms with Gasteiger partial charge in [-0.25, -0.2) is 0 Å². The molecule has 1 aliphatic heterocycles. The molecule has 9 heteroatoms. The second-order valence-corrected chi connectivity index (χ2v) is 7.18. The molecule has 9 nitrogen and oxygen atoms in total. The third kappa shape index (κ3) is 3.21. The van der Waals surface area contributed by atoms with Gasteiger partial charge in [0.1, 0.15) is 30.2 Å². The lowest BCUT2D eigenvalue weighted by molar-refractivity contribution is -0.277. The van der Waals surface area contributed by atoms with Crippen LogP contribution >= 0.6 is 0 Å². The van der Waals surface area contributed by atoms with Crippen molar-refractivity contribution in [2.24, 2.45) is 0 Å². The van der Waals surface area contributed by atoms with Crippen LogP contribution in [0.2, 0.25) is 0 Å². The van der Waals surface area contributed by atoms with Crippen LogP contribution in [0.4, 0.5) is 0 Å². The number of fused-ring (bicyclic) bond motifs is 2. The molecule has 0 radical (unpaired) electrons. The number of carbonyl (C=O) groups excluding carboxylic acids is 2. The van der Waals surface area contributed by atoms with E-state index in [-0.39, 0.29) is 39.4 Å². The zero-order valence-corrected chi connectivity index (χ0v) is 15.6. The average Bonchev–Trinajstić information content (AvgIpc) is 2.77. The van der Waals surface area contributed by atoms with Crippen LogP contribution < -0.4 is 4.74 Å². The topological polar surface area (TPSA) is 154 Å². The molecule has 1 fully saturated rings. The highest BCUT2D eigenvalue weighted by Crippen LogP contribution is 2.34. The van der Waals surface area contributed by atoms with E-state index in [4.69, 9.17) is 9.47 Å². The molecule has 5 atom stereocenters. The van der Waals surface area contributed by atoms with Crippen LogP contribution in [0.3, 0.4) is 0 Å². The summed E-state index contributed by atoms with van der Waals surface area (Å²) < 4.78 is 10.9. The van der Waals surface area contributed by atoms with Crippen molar-refractivity contribution in [3.05, 3.63) is 64.2 Å². The summed E-state index contributed by atoms with van der Waals surface area (Å²) in [5, 5.41) is 49.1. The standard InChI is InChI=1S/C21H20O9/c22-7-9-5-12-13(17(25)11-4-2-1-3-10(11)16(12)24)6-14(9)29-21-20(28)19(27)18(26)15(8-23)30-21/h1-6,15,18-23,26-28H,7-8H2/t15-,18-,19+,20-,21-/m0/s1. The number of benzene rings is 2. The molecule has 0 amide bonds. The molecule has 2 aromatic rings. The lowest BCUT2D eigenvalue weighted by Crippen LogP contribution is -2.60. The van der Waals surface area contributed by atoms with Crippen molar-refractivity contribution in [3.63, 3.8) is 0 Å². The van der Waals surface area contributed by atoms with Crippen LogP contribution in [-0.4, -0.2) is 74.4 Å². The van der Waals surface area contributed by atoms with Crippen LogP contribution in [0.25, 0.3) is 0 Å². The fraction of sp³-hybridized carbons (Fsp3) is 0.333. The molecule has 4 rings (SSSR count). The number of aliphatic hydroxyl groups excluding tert-OH is 5. The van der Waals surface area contributed by atoms with E-state index in [1.165, 1.54) is 18.2 Å². The highest BCUT2D eigenvalue weighted by molar-refractivity contribution is 6.28. The van der Waals surface area contributed by atoms with E-state index in [1.54, 1.807) is 18.2 Å². The van der Waals surface area contributed by atoms with Crippen LogP contribution in [0, 0.1) is 0 Å². The van der Waals surface area contributed by atoms with Gasteiger partial charge in [0, 0.05) is 27.8 Å². The normalized spacial score (nSPS) is 28.1. The van der Waals surface area contributed by atoms with Crippen molar-refractivity contribution in [3.8, 4) is 5.75 Å². The van der Waals surface area contributed by atoms with E-state index >= 15 is 0 Å². The van der Waals surface area contributed by atoms with Crippen molar-refractivity contribution in [2.45, 2.75) is 37.3 Å². The second-order valence-electron chi connectivity index (χ2n) is 7.18. The quantitative estimate of drug-likeness (QED) is 0.365. The summed E-state index contributed by atoms with van der Waals surface area (Å²) in [4.78, 5) is 25.7. The molecule has 0 aromatic heterocycles. The molecule has 1 aliphatic carbocycles. The summed E-state index contributed by atoms with van der Waals surface area (Å²) in [7, 11) is 0. The molecule has 158 valence electrons. The average molecular weight is 416 g/mol. The Morgan fingerprint density at radius 2 is 1.43 bits per heavy atom. The van der Waals surface area contributed by atoms with Crippen molar-refractivity contribution in [1.82, 2.24) is 0 Å². The second kappa shape index (κ2) is 7.88. The van der Waals surface area contributed by atoms with Crippen molar-refractivity contribution in [1.29, 1.82) is 0 Å². The molecule has 5 N–H and O–H groups in total. The minimum Gasteiger partial charge on any atom is -0.462 e. The van der Waals surface area contributed by atoms with Crippen LogP contribution in [0.15, 0.2) is 36.4 Å². The Kier molecular flexibility index (Phi) is 5.41. The van der Waals surface area contributed by atoms with Crippen LogP contribution in [0.5, 0.6) is 5.75 Å². The van der Waals surface area contributed by atoms with Gasteiger partial charge >= 0.3 is 0 Å². The zero-order valence-electron chi connectivity index (χ0n) is 15.6. The Morgan fingerprint density at radius 1 is 0.833 bits per heavy atom. The van der Waals surface area contributed by atoms with Crippen LogP contribution in [-0.2, 0) is 11.3 Å². The number of hydrogen-bond donors (Lipinski definition) is 5. The van der Waals surface area contributed by atoms with E-state index in [9.17, 15) is 35.1 Å². The largest absolute Gasteiger partial charge is 0.462 e. The lowest BCUT2D eigenvalue weighted by Gasteiger charge is -2.39. The molecule has 0 spiro atoms. The van der Waals surface area contributed by atoms with Gasteiger partial charge in [0.2, 0.25) is 6.29 Å². The van der Waals surface area contributed by atoms with E-state index in [0.29, 0.717) is 0 Å². The summed E-state index contributed by atoms with van der Waals surface area (Å²) in [6.07, 6.45) is -7.54. The maximum atomic E-state index is 12.9. The Morgan fingerprint density at radius 3 is 2.00 bits per heavy atom. The molecule has 0 saturated carbocycles. The first-order valence-electron chi connectivity index (χ1n) is 9.30.